The molecular formula is C19H23F3N2O. The quantitative estimate of drug-likeness (QED) is 0.575. The van der Waals surface area contributed by atoms with Gasteiger partial charge < -0.3 is 15.0 Å². The minimum absolute atomic E-state index is 0.179. The Kier molecular flexibility index (Phi) is 5.37. The Morgan fingerprint density at radius 2 is 2.12 bits per heavy atom. The predicted octanol–water partition coefficient (Wildman–Crippen LogP) is 4.86. The maximum atomic E-state index is 12.4. The van der Waals surface area contributed by atoms with Crippen LogP contribution in [0.5, 0.6) is 5.75 Å². The number of aromatic nitrogens is 1. The van der Waals surface area contributed by atoms with Crippen molar-refractivity contribution in [2.24, 2.45) is 5.92 Å². The molecule has 1 unspecified atom stereocenters. The van der Waals surface area contributed by atoms with E-state index in [0.717, 1.165) is 54.5 Å². The average Bonchev–Trinajstić information content (AvgIpc) is 2.86. The zero-order chi connectivity index (χ0) is 17.9. The van der Waals surface area contributed by atoms with E-state index in [-0.39, 0.29) is 5.75 Å². The molecule has 3 nitrogen and oxygen atoms in total. The van der Waals surface area contributed by atoms with Crippen molar-refractivity contribution in [3.05, 3.63) is 41.6 Å². The highest BCUT2D eigenvalue weighted by molar-refractivity contribution is 5.86. The van der Waals surface area contributed by atoms with Crippen molar-refractivity contribution in [1.82, 2.24) is 10.3 Å². The molecule has 2 N–H and O–H groups in total. The minimum atomic E-state index is -4.67. The highest BCUT2D eigenvalue weighted by atomic mass is 19.4. The van der Waals surface area contributed by atoms with E-state index in [0.29, 0.717) is 5.92 Å². The lowest BCUT2D eigenvalue weighted by Gasteiger charge is -2.18. The number of fused-ring (bicyclic) bond motifs is 1. The van der Waals surface area contributed by atoms with Crippen LogP contribution < -0.4 is 10.1 Å². The van der Waals surface area contributed by atoms with Gasteiger partial charge in [-0.05, 0) is 75.4 Å². The molecular weight excluding hydrogens is 329 g/mol. The number of aryl methyl sites for hydroxylation is 1. The molecule has 25 heavy (non-hydrogen) atoms. The molecule has 0 radical (unpaired) electrons. The van der Waals surface area contributed by atoms with Gasteiger partial charge in [0.25, 0.3) is 0 Å². The van der Waals surface area contributed by atoms with Gasteiger partial charge in [0.05, 0.1) is 0 Å². The van der Waals surface area contributed by atoms with Crippen LogP contribution in [0.3, 0.4) is 0 Å². The van der Waals surface area contributed by atoms with Crippen molar-refractivity contribution in [2.45, 2.75) is 39.0 Å². The molecule has 136 valence electrons. The van der Waals surface area contributed by atoms with Crippen molar-refractivity contribution >= 4 is 10.9 Å². The van der Waals surface area contributed by atoms with Gasteiger partial charge in [-0.15, -0.1) is 13.2 Å². The summed E-state index contributed by atoms with van der Waals surface area (Å²) in [7, 11) is 0. The SMILES string of the molecule is Cc1[nH]c2ccc(OC(F)(F)F)cc2c1CCNCC1CC=CCC1. The largest absolute Gasteiger partial charge is 0.573 e. The number of halogens is 3. The number of benzene rings is 1. The van der Waals surface area contributed by atoms with Gasteiger partial charge in [-0.25, -0.2) is 0 Å². The minimum Gasteiger partial charge on any atom is -0.406 e. The lowest BCUT2D eigenvalue weighted by atomic mass is 9.94. The summed E-state index contributed by atoms with van der Waals surface area (Å²) < 4.78 is 41.3. The van der Waals surface area contributed by atoms with E-state index in [4.69, 9.17) is 0 Å². The molecule has 0 saturated heterocycles. The van der Waals surface area contributed by atoms with Crippen LogP contribution in [0.2, 0.25) is 0 Å². The molecule has 0 fully saturated rings. The van der Waals surface area contributed by atoms with Gasteiger partial charge in [0.1, 0.15) is 5.75 Å². The van der Waals surface area contributed by atoms with Gasteiger partial charge in [-0.1, -0.05) is 12.2 Å². The van der Waals surface area contributed by atoms with E-state index in [1.165, 1.54) is 18.6 Å². The summed E-state index contributed by atoms with van der Waals surface area (Å²) in [6.45, 7) is 3.73. The molecule has 0 aliphatic heterocycles. The predicted molar refractivity (Wildman–Crippen MR) is 92.8 cm³/mol. The highest BCUT2D eigenvalue weighted by Gasteiger charge is 2.31. The summed E-state index contributed by atoms with van der Waals surface area (Å²) >= 11 is 0. The molecule has 0 bridgehead atoms. The number of hydrogen-bond acceptors (Lipinski definition) is 2. The third-order valence-electron chi connectivity index (χ3n) is 4.69. The first-order valence-corrected chi connectivity index (χ1v) is 8.65. The molecule has 0 saturated carbocycles. The summed E-state index contributed by atoms with van der Waals surface area (Å²) in [5, 5.41) is 4.27. The summed E-state index contributed by atoms with van der Waals surface area (Å²) in [5.74, 6) is 0.503. The second-order valence-corrected chi connectivity index (χ2v) is 6.59. The van der Waals surface area contributed by atoms with Crippen LogP contribution in [-0.4, -0.2) is 24.4 Å². The van der Waals surface area contributed by atoms with Gasteiger partial charge in [0.15, 0.2) is 0 Å². The number of nitrogens with one attached hydrogen (secondary N) is 2. The molecule has 2 aromatic rings. The highest BCUT2D eigenvalue weighted by Crippen LogP contribution is 2.29. The Bertz CT molecular complexity index is 749. The average molecular weight is 352 g/mol. The van der Waals surface area contributed by atoms with Crippen LogP contribution in [0, 0.1) is 12.8 Å². The number of alkyl halides is 3. The molecule has 1 aromatic carbocycles. The molecule has 6 heteroatoms. The topological polar surface area (TPSA) is 37.0 Å². The number of ether oxygens (including phenoxy) is 1. The first-order valence-electron chi connectivity index (χ1n) is 8.65. The van der Waals surface area contributed by atoms with E-state index in [1.54, 1.807) is 6.07 Å². The zero-order valence-corrected chi connectivity index (χ0v) is 14.2. The maximum Gasteiger partial charge on any atom is 0.573 e. The van der Waals surface area contributed by atoms with Crippen molar-refractivity contribution in [3.8, 4) is 5.75 Å². The van der Waals surface area contributed by atoms with Crippen molar-refractivity contribution in [2.75, 3.05) is 13.1 Å². The summed E-state index contributed by atoms with van der Waals surface area (Å²) in [4.78, 5) is 3.23. The van der Waals surface area contributed by atoms with Crippen LogP contribution in [0.15, 0.2) is 30.4 Å². The van der Waals surface area contributed by atoms with E-state index < -0.39 is 6.36 Å². The number of aromatic amines is 1. The standard InChI is InChI=1S/C19H23F3N2O/c1-13-16(9-10-23-12-14-5-3-2-4-6-14)17-11-15(25-19(20,21)22)7-8-18(17)24-13/h2-3,7-8,11,14,23-24H,4-6,9-10,12H2,1H3. The van der Waals surface area contributed by atoms with Gasteiger partial charge in [0.2, 0.25) is 0 Å². The Labute approximate surface area is 145 Å². The maximum absolute atomic E-state index is 12.4. The smallest absolute Gasteiger partial charge is 0.406 e. The Balaban J connectivity index is 1.64. The fourth-order valence-electron chi connectivity index (χ4n) is 3.44. The summed E-state index contributed by atoms with van der Waals surface area (Å²) in [5.41, 5.74) is 2.86. The number of rotatable bonds is 6. The molecule has 3 rings (SSSR count). The van der Waals surface area contributed by atoms with Crippen LogP contribution >= 0.6 is 0 Å². The zero-order valence-electron chi connectivity index (χ0n) is 14.2. The first kappa shape index (κ1) is 17.9. The van der Waals surface area contributed by atoms with Crippen molar-refractivity contribution in [1.29, 1.82) is 0 Å². The van der Waals surface area contributed by atoms with E-state index >= 15 is 0 Å². The van der Waals surface area contributed by atoms with Crippen LogP contribution in [0.25, 0.3) is 10.9 Å². The monoisotopic (exact) mass is 352 g/mol. The van der Waals surface area contributed by atoms with Crippen molar-refractivity contribution < 1.29 is 17.9 Å². The van der Waals surface area contributed by atoms with E-state index in [2.05, 4.69) is 27.2 Å². The Hall–Kier alpha value is -1.95. The van der Waals surface area contributed by atoms with E-state index in [1.807, 2.05) is 6.92 Å². The lowest BCUT2D eigenvalue weighted by molar-refractivity contribution is -0.274. The normalized spacial score (nSPS) is 18.0. The second kappa shape index (κ2) is 7.52. The molecule has 0 spiro atoms. The third-order valence-corrected chi connectivity index (χ3v) is 4.69. The molecule has 1 heterocycles. The Morgan fingerprint density at radius 3 is 2.84 bits per heavy atom. The fourth-order valence-corrected chi connectivity index (χ4v) is 3.44. The van der Waals surface area contributed by atoms with Crippen LogP contribution in [0.1, 0.15) is 30.5 Å². The third kappa shape index (κ3) is 4.78. The number of H-pyrrole nitrogens is 1. The number of hydrogen-bond donors (Lipinski definition) is 2. The molecule has 0 amide bonds. The van der Waals surface area contributed by atoms with Crippen LogP contribution in [0.4, 0.5) is 13.2 Å². The summed E-state index contributed by atoms with van der Waals surface area (Å²) in [6, 6.07) is 4.44. The fraction of sp³-hybridized carbons (Fsp3) is 0.474. The molecule has 1 atom stereocenters. The van der Waals surface area contributed by atoms with Gasteiger partial charge in [-0.3, -0.25) is 0 Å². The molecule has 1 aromatic heterocycles. The number of allylic oxidation sites excluding steroid dienone is 2. The van der Waals surface area contributed by atoms with Gasteiger partial charge in [0, 0.05) is 16.6 Å². The van der Waals surface area contributed by atoms with Crippen molar-refractivity contribution in [3.63, 3.8) is 0 Å². The lowest BCUT2D eigenvalue weighted by Crippen LogP contribution is -2.25. The Morgan fingerprint density at radius 1 is 1.28 bits per heavy atom. The van der Waals surface area contributed by atoms with E-state index in [9.17, 15) is 13.2 Å². The van der Waals surface area contributed by atoms with Gasteiger partial charge >= 0.3 is 6.36 Å². The first-order chi connectivity index (χ1) is 11.9. The van der Waals surface area contributed by atoms with Crippen LogP contribution in [-0.2, 0) is 6.42 Å². The van der Waals surface area contributed by atoms with Gasteiger partial charge in [-0.2, -0.15) is 0 Å². The summed E-state index contributed by atoms with van der Waals surface area (Å²) in [6.07, 6.45) is 4.05. The second-order valence-electron chi connectivity index (χ2n) is 6.59. The molecule has 1 aliphatic rings. The molecule has 1 aliphatic carbocycles.